The molecule has 2 saturated heterocycles. The first kappa shape index (κ1) is 21.0. The summed E-state index contributed by atoms with van der Waals surface area (Å²) in [5.41, 5.74) is 1.49. The maximum Gasteiger partial charge on any atom is 0.255 e. The molecule has 0 bridgehead atoms. The van der Waals surface area contributed by atoms with Crippen LogP contribution >= 0.6 is 24.0 Å². The van der Waals surface area contributed by atoms with Crippen molar-refractivity contribution in [2.75, 3.05) is 26.2 Å². The predicted molar refractivity (Wildman–Crippen MR) is 106 cm³/mol. The zero-order valence-electron chi connectivity index (χ0n) is 15.1. The Labute approximate surface area is 166 Å². The van der Waals surface area contributed by atoms with Gasteiger partial charge in [0.05, 0.1) is 16.6 Å². The monoisotopic (exact) mass is 399 g/mol. The second kappa shape index (κ2) is 9.58. The summed E-state index contributed by atoms with van der Waals surface area (Å²) in [6.07, 6.45) is 3.95. The molecule has 2 fully saturated rings. The molecule has 3 rings (SSSR count). The summed E-state index contributed by atoms with van der Waals surface area (Å²) >= 11 is 6.31. The highest BCUT2D eigenvalue weighted by atomic mass is 35.5. The van der Waals surface area contributed by atoms with Gasteiger partial charge in [-0.05, 0) is 56.7 Å². The molecule has 0 radical (unpaired) electrons. The number of carbonyl (C=O) groups is 2. The van der Waals surface area contributed by atoms with Crippen LogP contribution in [0.5, 0.6) is 0 Å². The fourth-order valence-corrected chi connectivity index (χ4v) is 3.88. The van der Waals surface area contributed by atoms with Crippen molar-refractivity contribution < 1.29 is 9.59 Å². The van der Waals surface area contributed by atoms with Crippen molar-refractivity contribution in [3.8, 4) is 0 Å². The van der Waals surface area contributed by atoms with Crippen LogP contribution in [0, 0.1) is 12.8 Å². The van der Waals surface area contributed by atoms with Crippen LogP contribution in [0.25, 0.3) is 0 Å². The Kier molecular flexibility index (Phi) is 7.74. The van der Waals surface area contributed by atoms with Crippen molar-refractivity contribution in [3.63, 3.8) is 0 Å². The minimum absolute atomic E-state index is 0. The summed E-state index contributed by atoms with van der Waals surface area (Å²) in [4.78, 5) is 26.8. The Hall–Kier alpha value is -1.30. The number of nitrogens with zero attached hydrogens (tertiary/aromatic N) is 1. The number of likely N-dealkylation sites (tertiary alicyclic amines) is 1. The largest absolute Gasteiger partial charge is 0.354 e. The van der Waals surface area contributed by atoms with Crippen LogP contribution in [0.3, 0.4) is 0 Å². The molecule has 2 heterocycles. The smallest absolute Gasteiger partial charge is 0.255 e. The number of rotatable bonds is 4. The number of halogens is 2. The molecule has 2 atom stereocenters. The lowest BCUT2D eigenvalue weighted by Crippen LogP contribution is -2.46. The Morgan fingerprint density at radius 2 is 2.12 bits per heavy atom. The number of amides is 2. The van der Waals surface area contributed by atoms with E-state index in [1.807, 2.05) is 24.0 Å². The van der Waals surface area contributed by atoms with Crippen molar-refractivity contribution in [3.05, 3.63) is 34.3 Å². The molecule has 0 aliphatic carbocycles. The second-order valence-electron chi connectivity index (χ2n) is 7.09. The van der Waals surface area contributed by atoms with E-state index < -0.39 is 0 Å². The number of piperidine rings is 1. The normalized spacial score (nSPS) is 22.6. The minimum atomic E-state index is -0.0487. The standard InChI is InChI=1S/C19H26ClN3O2.ClH/c1-13-5-2-7-15(17(13)20)19(25)23-10-4-6-14(12-23)11-22-18(24)16-8-3-9-21-16;/h2,5,7,14,16,21H,3-4,6,8-12H2,1H3,(H,22,24);1H. The molecule has 5 nitrogen and oxygen atoms in total. The van der Waals surface area contributed by atoms with Gasteiger partial charge in [-0.2, -0.15) is 0 Å². The zero-order chi connectivity index (χ0) is 17.8. The van der Waals surface area contributed by atoms with E-state index in [4.69, 9.17) is 11.6 Å². The van der Waals surface area contributed by atoms with E-state index in [9.17, 15) is 9.59 Å². The molecule has 1 aromatic rings. The number of carbonyl (C=O) groups excluding carboxylic acids is 2. The molecule has 2 aliphatic heterocycles. The Morgan fingerprint density at radius 3 is 2.85 bits per heavy atom. The predicted octanol–water partition coefficient (Wildman–Crippen LogP) is 2.79. The zero-order valence-corrected chi connectivity index (χ0v) is 16.7. The van der Waals surface area contributed by atoms with E-state index in [1.54, 1.807) is 6.07 Å². The highest BCUT2D eigenvalue weighted by molar-refractivity contribution is 6.34. The fraction of sp³-hybridized carbons (Fsp3) is 0.579. The number of nitrogens with one attached hydrogen (secondary N) is 2. The molecule has 2 N–H and O–H groups in total. The fourth-order valence-electron chi connectivity index (χ4n) is 3.68. The van der Waals surface area contributed by atoms with Gasteiger partial charge >= 0.3 is 0 Å². The molecular weight excluding hydrogens is 373 g/mol. The number of aryl methyl sites for hydroxylation is 1. The van der Waals surface area contributed by atoms with E-state index >= 15 is 0 Å². The van der Waals surface area contributed by atoms with E-state index in [-0.39, 0.29) is 30.3 Å². The van der Waals surface area contributed by atoms with Crippen molar-refractivity contribution >= 4 is 35.8 Å². The third-order valence-corrected chi connectivity index (χ3v) is 5.67. The highest BCUT2D eigenvalue weighted by Gasteiger charge is 2.27. The van der Waals surface area contributed by atoms with Gasteiger partial charge in [-0.1, -0.05) is 23.7 Å². The lowest BCUT2D eigenvalue weighted by atomic mass is 9.97. The molecule has 1 aromatic carbocycles. The summed E-state index contributed by atoms with van der Waals surface area (Å²) in [6.45, 7) is 4.87. The molecule has 0 aromatic heterocycles. The number of hydrogen-bond acceptors (Lipinski definition) is 3. The van der Waals surface area contributed by atoms with E-state index in [1.165, 1.54) is 0 Å². The molecule has 2 amide bonds. The van der Waals surface area contributed by atoms with Gasteiger partial charge < -0.3 is 15.5 Å². The van der Waals surface area contributed by atoms with Crippen LogP contribution in [0.4, 0.5) is 0 Å². The van der Waals surface area contributed by atoms with Crippen LogP contribution in [0.1, 0.15) is 41.6 Å². The van der Waals surface area contributed by atoms with Crippen molar-refractivity contribution in [1.29, 1.82) is 0 Å². The van der Waals surface area contributed by atoms with Crippen LogP contribution in [0.2, 0.25) is 5.02 Å². The van der Waals surface area contributed by atoms with Crippen molar-refractivity contribution in [1.82, 2.24) is 15.5 Å². The second-order valence-corrected chi connectivity index (χ2v) is 7.47. The summed E-state index contributed by atoms with van der Waals surface area (Å²) in [5, 5.41) is 6.80. The van der Waals surface area contributed by atoms with Crippen molar-refractivity contribution in [2.45, 2.75) is 38.6 Å². The van der Waals surface area contributed by atoms with Crippen LogP contribution in [0.15, 0.2) is 18.2 Å². The number of benzene rings is 1. The molecular formula is C19H27Cl2N3O2. The van der Waals surface area contributed by atoms with Gasteiger partial charge in [0.1, 0.15) is 0 Å². The quantitative estimate of drug-likeness (QED) is 0.817. The van der Waals surface area contributed by atoms with Gasteiger partial charge in [0.2, 0.25) is 5.91 Å². The first-order valence-corrected chi connectivity index (χ1v) is 9.49. The molecule has 2 unspecified atom stereocenters. The first-order valence-electron chi connectivity index (χ1n) is 9.11. The lowest BCUT2D eigenvalue weighted by molar-refractivity contribution is -0.123. The molecule has 0 spiro atoms. The molecule has 144 valence electrons. The van der Waals surface area contributed by atoms with E-state index in [0.717, 1.165) is 44.3 Å². The SMILES string of the molecule is Cc1cccc(C(=O)N2CCCC(CNC(=O)C3CCCN3)C2)c1Cl.Cl. The molecule has 26 heavy (non-hydrogen) atoms. The summed E-state index contributed by atoms with van der Waals surface area (Å²) in [7, 11) is 0. The Balaban J connectivity index is 0.00000243. The summed E-state index contributed by atoms with van der Waals surface area (Å²) in [6, 6.07) is 5.51. The lowest BCUT2D eigenvalue weighted by Gasteiger charge is -2.33. The molecule has 7 heteroatoms. The first-order chi connectivity index (χ1) is 12.1. The maximum absolute atomic E-state index is 12.8. The summed E-state index contributed by atoms with van der Waals surface area (Å²) < 4.78 is 0. The van der Waals surface area contributed by atoms with Crippen LogP contribution in [-0.4, -0.2) is 48.9 Å². The Bertz CT molecular complexity index is 648. The average Bonchev–Trinajstić information content (AvgIpc) is 3.16. The topological polar surface area (TPSA) is 61.4 Å². The molecule has 0 saturated carbocycles. The third kappa shape index (κ3) is 4.90. The van der Waals surface area contributed by atoms with Crippen LogP contribution in [-0.2, 0) is 4.79 Å². The average molecular weight is 400 g/mol. The maximum atomic E-state index is 12.8. The van der Waals surface area contributed by atoms with Gasteiger partial charge in [0, 0.05) is 19.6 Å². The van der Waals surface area contributed by atoms with Crippen molar-refractivity contribution in [2.24, 2.45) is 5.92 Å². The number of hydrogen-bond donors (Lipinski definition) is 2. The van der Waals surface area contributed by atoms with Gasteiger partial charge in [-0.25, -0.2) is 0 Å². The Morgan fingerprint density at radius 1 is 1.31 bits per heavy atom. The van der Waals surface area contributed by atoms with E-state index in [0.29, 0.717) is 29.6 Å². The highest BCUT2D eigenvalue weighted by Crippen LogP contribution is 2.24. The van der Waals surface area contributed by atoms with Gasteiger partial charge in [-0.15, -0.1) is 12.4 Å². The molecule has 2 aliphatic rings. The minimum Gasteiger partial charge on any atom is -0.354 e. The van der Waals surface area contributed by atoms with Gasteiger partial charge in [0.15, 0.2) is 0 Å². The van der Waals surface area contributed by atoms with E-state index in [2.05, 4.69) is 10.6 Å². The summed E-state index contributed by atoms with van der Waals surface area (Å²) in [5.74, 6) is 0.372. The third-order valence-electron chi connectivity index (χ3n) is 5.17. The van der Waals surface area contributed by atoms with Gasteiger partial charge in [0.25, 0.3) is 5.91 Å². The van der Waals surface area contributed by atoms with Gasteiger partial charge in [-0.3, -0.25) is 9.59 Å². The van der Waals surface area contributed by atoms with Crippen LogP contribution < -0.4 is 10.6 Å².